The summed E-state index contributed by atoms with van der Waals surface area (Å²) in [5, 5.41) is 2.20. The molecule has 2 heterocycles. The molecule has 7 nitrogen and oxygen atoms in total. The zero-order valence-corrected chi connectivity index (χ0v) is 17.1. The fourth-order valence-corrected chi connectivity index (χ4v) is 5.24. The summed E-state index contributed by atoms with van der Waals surface area (Å²) in [5.74, 6) is 0.346. The molecule has 0 saturated carbocycles. The fourth-order valence-electron chi connectivity index (χ4n) is 3.10. The third-order valence-electron chi connectivity index (χ3n) is 4.92. The number of nitrogens with zero attached hydrogens (tertiary/aromatic N) is 2. The Balaban J connectivity index is 2.15. The molecule has 5 N–H and O–H groups in total. The van der Waals surface area contributed by atoms with Gasteiger partial charge < -0.3 is 20.8 Å². The molecular weight excluding hydrogens is 383 g/mol. The van der Waals surface area contributed by atoms with Gasteiger partial charge in [-0.15, -0.1) is 11.3 Å². The summed E-state index contributed by atoms with van der Waals surface area (Å²) in [6.45, 7) is 5.49. The van der Waals surface area contributed by atoms with Gasteiger partial charge in [-0.1, -0.05) is 43.7 Å². The summed E-state index contributed by atoms with van der Waals surface area (Å²) in [7, 11) is -4.43. The molecule has 9 heteroatoms. The lowest BCUT2D eigenvalue weighted by Gasteiger charge is -2.33. The maximum atomic E-state index is 12.2. The van der Waals surface area contributed by atoms with Crippen LogP contribution in [-0.4, -0.2) is 25.0 Å². The highest BCUT2D eigenvalue weighted by atomic mass is 32.1. The zero-order chi connectivity index (χ0) is 19.8. The van der Waals surface area contributed by atoms with Gasteiger partial charge in [0.2, 0.25) is 0 Å². The Morgan fingerprint density at radius 1 is 1.19 bits per heavy atom. The van der Waals surface area contributed by atoms with Crippen molar-refractivity contribution >= 4 is 40.7 Å². The van der Waals surface area contributed by atoms with Gasteiger partial charge in [-0.3, -0.25) is 4.57 Å². The van der Waals surface area contributed by atoms with Crippen molar-refractivity contribution in [3.63, 3.8) is 0 Å². The third kappa shape index (κ3) is 3.46. The average molecular weight is 406 g/mol. The molecule has 3 rings (SSSR count). The first-order chi connectivity index (χ1) is 12.7. The van der Waals surface area contributed by atoms with E-state index in [-0.39, 0.29) is 12.8 Å². The largest absolute Gasteiger partial charge is 0.397 e. The summed E-state index contributed by atoms with van der Waals surface area (Å²) >= 11 is 1.44. The van der Waals surface area contributed by atoms with Gasteiger partial charge in [-0.2, -0.15) is 0 Å². The molecule has 0 unspecified atom stereocenters. The number of thiophene rings is 1. The maximum absolute atomic E-state index is 12.2. The summed E-state index contributed by atoms with van der Waals surface area (Å²) in [6, 6.07) is 8.01. The summed E-state index contributed by atoms with van der Waals surface area (Å²) in [5.41, 5.74) is 9.05. The van der Waals surface area contributed by atoms with Crippen molar-refractivity contribution in [1.29, 1.82) is 0 Å². The summed E-state index contributed by atoms with van der Waals surface area (Å²) in [6.07, 6.45) is 1.87. The van der Waals surface area contributed by atoms with Crippen LogP contribution in [0.5, 0.6) is 0 Å². The van der Waals surface area contributed by atoms with Crippen LogP contribution in [0.4, 0.5) is 11.5 Å². The molecule has 2 aromatic heterocycles. The van der Waals surface area contributed by atoms with Crippen LogP contribution in [0.15, 0.2) is 30.6 Å². The van der Waals surface area contributed by atoms with Crippen LogP contribution >= 0.6 is 18.9 Å². The maximum Gasteiger partial charge on any atom is 0.350 e. The van der Waals surface area contributed by atoms with Gasteiger partial charge in [-0.05, 0) is 25.3 Å². The Labute approximate surface area is 161 Å². The van der Waals surface area contributed by atoms with Gasteiger partial charge >= 0.3 is 7.60 Å². The van der Waals surface area contributed by atoms with Gasteiger partial charge in [0.25, 0.3) is 0 Å². The first-order valence-corrected chi connectivity index (χ1v) is 11.1. The molecule has 0 saturated heterocycles. The van der Waals surface area contributed by atoms with Crippen LogP contribution in [0.3, 0.4) is 0 Å². The molecule has 0 spiro atoms. The van der Waals surface area contributed by atoms with Gasteiger partial charge in [0.15, 0.2) is 0 Å². The number of nitrogens with two attached hydrogens (primary N) is 1. The van der Waals surface area contributed by atoms with Crippen molar-refractivity contribution in [3.05, 3.63) is 36.2 Å². The van der Waals surface area contributed by atoms with Crippen molar-refractivity contribution in [2.45, 2.75) is 38.9 Å². The predicted octanol–water partition coefficient (Wildman–Crippen LogP) is 4.35. The van der Waals surface area contributed by atoms with Crippen molar-refractivity contribution in [3.8, 4) is 10.4 Å². The molecule has 1 aromatic carbocycles. The number of nitrogens with one attached hydrogen (secondary N) is 1. The van der Waals surface area contributed by atoms with E-state index in [2.05, 4.69) is 15.3 Å². The van der Waals surface area contributed by atoms with Gasteiger partial charge in [0.1, 0.15) is 22.3 Å². The van der Waals surface area contributed by atoms with Crippen LogP contribution < -0.4 is 11.1 Å². The smallest absolute Gasteiger partial charge is 0.350 e. The number of aryl methyl sites for hydroxylation is 1. The zero-order valence-electron chi connectivity index (χ0n) is 15.4. The molecule has 0 radical (unpaired) electrons. The van der Waals surface area contributed by atoms with E-state index in [9.17, 15) is 14.4 Å². The van der Waals surface area contributed by atoms with Crippen LogP contribution in [-0.2, 0) is 4.57 Å². The molecule has 3 aromatic rings. The van der Waals surface area contributed by atoms with E-state index in [0.717, 1.165) is 16.0 Å². The molecule has 0 fully saturated rings. The molecule has 0 atom stereocenters. The van der Waals surface area contributed by atoms with Crippen LogP contribution in [0.1, 0.15) is 32.3 Å². The van der Waals surface area contributed by atoms with E-state index in [1.807, 2.05) is 31.2 Å². The van der Waals surface area contributed by atoms with Crippen molar-refractivity contribution in [2.24, 2.45) is 0 Å². The second-order valence-corrected chi connectivity index (χ2v) is 9.46. The number of aromatic nitrogens is 2. The monoisotopic (exact) mass is 406 g/mol. The van der Waals surface area contributed by atoms with Crippen LogP contribution in [0.25, 0.3) is 20.7 Å². The number of hydrogen-bond donors (Lipinski definition) is 4. The highest BCUT2D eigenvalue weighted by Gasteiger charge is 2.44. The Bertz CT molecular complexity index is 1010. The number of rotatable bonds is 6. The van der Waals surface area contributed by atoms with E-state index in [0.29, 0.717) is 21.7 Å². The van der Waals surface area contributed by atoms with Crippen LogP contribution in [0, 0.1) is 6.92 Å². The number of anilines is 2. The minimum Gasteiger partial charge on any atom is -0.397 e. The lowest BCUT2D eigenvalue weighted by atomic mass is 10.1. The predicted molar refractivity (Wildman–Crippen MR) is 111 cm³/mol. The van der Waals surface area contributed by atoms with E-state index in [4.69, 9.17) is 5.73 Å². The van der Waals surface area contributed by atoms with Gasteiger partial charge in [-0.25, -0.2) is 9.97 Å². The van der Waals surface area contributed by atoms with Crippen molar-refractivity contribution in [2.75, 3.05) is 11.1 Å². The van der Waals surface area contributed by atoms with Crippen molar-refractivity contribution in [1.82, 2.24) is 9.97 Å². The highest BCUT2D eigenvalue weighted by Crippen LogP contribution is 2.55. The molecule has 0 amide bonds. The molecular formula is C18H23N4O3PS. The summed E-state index contributed by atoms with van der Waals surface area (Å²) < 4.78 is 12.2. The van der Waals surface area contributed by atoms with Crippen molar-refractivity contribution < 1.29 is 14.4 Å². The fraction of sp³-hybridized carbons (Fsp3) is 0.333. The Morgan fingerprint density at radius 2 is 1.81 bits per heavy atom. The standard InChI is InChI=1S/C18H23N4O3PS/c1-4-18(5-2,26(23,24)25)22-16-13-14(19)15(27-17(13)21-10-20-16)12-8-6-11(3)7-9-12/h6-10H,4-5,19H2,1-3H3,(H,20,21,22)(H2,23,24,25). The first-order valence-electron chi connectivity index (χ1n) is 8.66. The second kappa shape index (κ2) is 7.20. The molecule has 0 aliphatic heterocycles. The summed E-state index contributed by atoms with van der Waals surface area (Å²) in [4.78, 5) is 29.9. The third-order valence-corrected chi connectivity index (χ3v) is 7.94. The molecule has 27 heavy (non-hydrogen) atoms. The topological polar surface area (TPSA) is 121 Å². The second-order valence-electron chi connectivity index (χ2n) is 6.52. The molecule has 0 bridgehead atoms. The van der Waals surface area contributed by atoms with E-state index in [1.165, 1.54) is 17.7 Å². The van der Waals surface area contributed by atoms with Gasteiger partial charge in [0.05, 0.1) is 16.0 Å². The SMILES string of the molecule is CCC(CC)(Nc1ncnc2sc(-c3ccc(C)cc3)c(N)c12)P(=O)(O)O. The van der Waals surface area contributed by atoms with E-state index < -0.39 is 12.9 Å². The van der Waals surface area contributed by atoms with E-state index in [1.54, 1.807) is 13.8 Å². The minimum atomic E-state index is -4.43. The lowest BCUT2D eigenvalue weighted by molar-refractivity contribution is 0.326. The quantitative estimate of drug-likeness (QED) is 0.449. The normalized spacial score (nSPS) is 12.5. The number of nitrogen functional groups attached to an aromatic ring is 1. The minimum absolute atomic E-state index is 0.244. The highest BCUT2D eigenvalue weighted by molar-refractivity contribution is 7.53. The number of hydrogen-bond acceptors (Lipinski definition) is 6. The Morgan fingerprint density at radius 3 is 2.37 bits per heavy atom. The lowest BCUT2D eigenvalue weighted by Crippen LogP contribution is -2.37. The molecule has 0 aliphatic rings. The number of fused-ring (bicyclic) bond motifs is 1. The number of benzene rings is 1. The van der Waals surface area contributed by atoms with Gasteiger partial charge in [0, 0.05) is 0 Å². The Hall–Kier alpha value is -1.99. The van der Waals surface area contributed by atoms with E-state index >= 15 is 0 Å². The molecule has 0 aliphatic carbocycles. The first kappa shape index (κ1) is 19.8. The molecule has 144 valence electrons. The van der Waals surface area contributed by atoms with Crippen LogP contribution in [0.2, 0.25) is 0 Å². The average Bonchev–Trinajstić information content (AvgIpc) is 2.97. The Kier molecular flexibility index (Phi) is 5.27.